The number of hydrogen-bond donors (Lipinski definition) is 3. The summed E-state index contributed by atoms with van der Waals surface area (Å²) in [5.74, 6) is -0.465. The smallest absolute Gasteiger partial charge is 0.330 e. The van der Waals surface area contributed by atoms with E-state index in [1.807, 2.05) is 0 Å². The molecule has 0 aliphatic carbocycles. The van der Waals surface area contributed by atoms with Crippen molar-refractivity contribution < 1.29 is 24.9 Å². The predicted octanol–water partition coefficient (Wildman–Crippen LogP) is 4.81. The monoisotopic (exact) mass is 412 g/mol. The lowest BCUT2D eigenvalue weighted by molar-refractivity contribution is -0.145. The third kappa shape index (κ3) is 15.6. The number of aliphatic hydroxyl groups is 3. The minimum Gasteiger partial charge on any atom is -0.459 e. The van der Waals surface area contributed by atoms with Crippen LogP contribution in [0, 0.1) is 0 Å². The highest BCUT2D eigenvalue weighted by Gasteiger charge is 2.19. The van der Waals surface area contributed by atoms with Crippen LogP contribution in [-0.2, 0) is 9.53 Å². The molecule has 1 heterocycles. The second kappa shape index (κ2) is 16.8. The summed E-state index contributed by atoms with van der Waals surface area (Å²) in [6.07, 6.45) is 17.0. The minimum absolute atomic E-state index is 0.280. The van der Waals surface area contributed by atoms with Gasteiger partial charge in [0.05, 0.1) is 18.3 Å². The Morgan fingerprint density at radius 2 is 1.38 bits per heavy atom. The molecule has 0 aromatic carbocycles. The Bertz CT molecular complexity index is 435. The molecule has 5 heteroatoms. The Morgan fingerprint density at radius 3 is 1.90 bits per heavy atom. The van der Waals surface area contributed by atoms with Gasteiger partial charge in [-0.2, -0.15) is 0 Å². The van der Waals surface area contributed by atoms with Gasteiger partial charge in [0, 0.05) is 12.5 Å². The third-order valence-corrected chi connectivity index (χ3v) is 5.66. The van der Waals surface area contributed by atoms with E-state index in [1.165, 1.54) is 63.5 Å². The van der Waals surface area contributed by atoms with Gasteiger partial charge in [0.15, 0.2) is 0 Å². The Labute approximate surface area is 177 Å². The summed E-state index contributed by atoms with van der Waals surface area (Å²) in [5.41, 5.74) is 0. The van der Waals surface area contributed by atoms with Gasteiger partial charge in [-0.3, -0.25) is 0 Å². The van der Waals surface area contributed by atoms with Crippen molar-refractivity contribution in [2.75, 3.05) is 0 Å². The summed E-state index contributed by atoms with van der Waals surface area (Å²) in [5, 5.41) is 29.6. The summed E-state index contributed by atoms with van der Waals surface area (Å²) in [6.45, 7) is 1.65. The molecule has 0 amide bonds. The van der Waals surface area contributed by atoms with Gasteiger partial charge in [0.1, 0.15) is 6.10 Å². The van der Waals surface area contributed by atoms with Crippen molar-refractivity contribution in [3.05, 3.63) is 12.2 Å². The average molecular weight is 413 g/mol. The van der Waals surface area contributed by atoms with E-state index in [4.69, 9.17) is 4.74 Å². The topological polar surface area (TPSA) is 87.0 Å². The van der Waals surface area contributed by atoms with Crippen LogP contribution in [0.15, 0.2) is 12.2 Å². The normalized spacial score (nSPS) is 28.1. The molecule has 1 aliphatic heterocycles. The standard InChI is InChI=1S/C24H44O5/c1-20(25)18-22(27)19-23-15-13-11-9-7-5-3-2-4-6-8-10-12-14-21(26)16-17-24(28)29-23/h16-17,20-23,25-27H,2-15,18-19H2,1H3/b17-16+/t20-,21+,22-,23+/m1/s1. The number of ether oxygens (including phenoxy) is 1. The molecule has 1 rings (SSSR count). The molecule has 5 nitrogen and oxygen atoms in total. The van der Waals surface area contributed by atoms with Crippen LogP contribution in [0.1, 0.15) is 110 Å². The van der Waals surface area contributed by atoms with Crippen molar-refractivity contribution in [2.24, 2.45) is 0 Å². The summed E-state index contributed by atoms with van der Waals surface area (Å²) in [6, 6.07) is 0. The van der Waals surface area contributed by atoms with E-state index < -0.39 is 24.3 Å². The van der Waals surface area contributed by atoms with Crippen LogP contribution in [0.2, 0.25) is 0 Å². The molecule has 0 unspecified atom stereocenters. The van der Waals surface area contributed by atoms with Crippen molar-refractivity contribution in [1.82, 2.24) is 0 Å². The Kier molecular flexibility index (Phi) is 15.2. The van der Waals surface area contributed by atoms with Crippen molar-refractivity contribution in [2.45, 2.75) is 134 Å². The zero-order chi connectivity index (χ0) is 21.3. The first kappa shape index (κ1) is 26.1. The first-order chi connectivity index (χ1) is 14.0. The molecule has 4 atom stereocenters. The highest BCUT2D eigenvalue weighted by molar-refractivity contribution is 5.82. The second-order valence-corrected chi connectivity index (χ2v) is 8.78. The van der Waals surface area contributed by atoms with Gasteiger partial charge in [-0.25, -0.2) is 4.79 Å². The highest BCUT2D eigenvalue weighted by Crippen LogP contribution is 2.18. The van der Waals surface area contributed by atoms with Gasteiger partial charge >= 0.3 is 5.97 Å². The molecule has 29 heavy (non-hydrogen) atoms. The summed E-state index contributed by atoms with van der Waals surface area (Å²) >= 11 is 0. The molecular formula is C24H44O5. The summed E-state index contributed by atoms with van der Waals surface area (Å²) in [4.78, 5) is 12.2. The van der Waals surface area contributed by atoms with Crippen molar-refractivity contribution in [3.63, 3.8) is 0 Å². The van der Waals surface area contributed by atoms with Crippen LogP contribution in [0.5, 0.6) is 0 Å². The molecule has 0 aromatic heterocycles. The van der Waals surface area contributed by atoms with Crippen LogP contribution in [0.3, 0.4) is 0 Å². The molecule has 0 saturated carbocycles. The van der Waals surface area contributed by atoms with Crippen molar-refractivity contribution in [1.29, 1.82) is 0 Å². The number of cyclic esters (lactones) is 1. The zero-order valence-corrected chi connectivity index (χ0v) is 18.4. The zero-order valence-electron chi connectivity index (χ0n) is 18.4. The van der Waals surface area contributed by atoms with Gasteiger partial charge < -0.3 is 20.1 Å². The largest absolute Gasteiger partial charge is 0.459 e. The predicted molar refractivity (Wildman–Crippen MR) is 117 cm³/mol. The average Bonchev–Trinajstić information content (AvgIpc) is 2.65. The van der Waals surface area contributed by atoms with Crippen LogP contribution in [-0.4, -0.2) is 45.7 Å². The van der Waals surface area contributed by atoms with E-state index in [2.05, 4.69) is 0 Å². The van der Waals surface area contributed by atoms with Gasteiger partial charge in [-0.15, -0.1) is 0 Å². The lowest BCUT2D eigenvalue weighted by atomic mass is 10.00. The number of rotatable bonds is 4. The van der Waals surface area contributed by atoms with Gasteiger partial charge in [-0.05, 0) is 38.7 Å². The highest BCUT2D eigenvalue weighted by atomic mass is 16.5. The number of esters is 1. The molecule has 0 aromatic rings. The molecule has 0 fully saturated rings. The fourth-order valence-electron chi connectivity index (χ4n) is 4.00. The van der Waals surface area contributed by atoms with E-state index in [-0.39, 0.29) is 12.5 Å². The van der Waals surface area contributed by atoms with Crippen LogP contribution >= 0.6 is 0 Å². The molecule has 0 spiro atoms. The molecule has 0 bridgehead atoms. The van der Waals surface area contributed by atoms with E-state index in [1.54, 1.807) is 6.92 Å². The van der Waals surface area contributed by atoms with Gasteiger partial charge in [0.2, 0.25) is 0 Å². The molecule has 170 valence electrons. The molecular weight excluding hydrogens is 368 g/mol. The van der Waals surface area contributed by atoms with Gasteiger partial charge in [0.25, 0.3) is 0 Å². The minimum atomic E-state index is -0.687. The number of carbonyl (C=O) groups excluding carboxylic acids is 1. The van der Waals surface area contributed by atoms with E-state index in [0.29, 0.717) is 12.8 Å². The fourth-order valence-corrected chi connectivity index (χ4v) is 4.00. The molecule has 0 radical (unpaired) electrons. The Hall–Kier alpha value is -0.910. The number of aliphatic hydroxyl groups excluding tert-OH is 3. The first-order valence-electron chi connectivity index (χ1n) is 11.9. The quantitative estimate of drug-likeness (QED) is 0.577. The first-order valence-corrected chi connectivity index (χ1v) is 11.9. The van der Waals surface area contributed by atoms with Crippen LogP contribution in [0.4, 0.5) is 0 Å². The lowest BCUT2D eigenvalue weighted by Gasteiger charge is -2.21. The molecule has 3 N–H and O–H groups in total. The maximum atomic E-state index is 12.2. The van der Waals surface area contributed by atoms with E-state index in [9.17, 15) is 20.1 Å². The number of hydrogen-bond acceptors (Lipinski definition) is 5. The van der Waals surface area contributed by atoms with Gasteiger partial charge in [-0.1, -0.05) is 70.6 Å². The lowest BCUT2D eigenvalue weighted by Crippen LogP contribution is -2.25. The molecule has 1 aliphatic rings. The SMILES string of the molecule is C[C@@H](O)C[C@@H](O)C[C@@H]1CCCCCCCCCCCCCC[C@H](O)/C=C/C(=O)O1. The fraction of sp³-hybridized carbons (Fsp3) is 0.875. The number of carbonyl (C=O) groups is 1. The van der Waals surface area contributed by atoms with E-state index in [0.717, 1.165) is 32.1 Å². The Morgan fingerprint density at radius 1 is 0.897 bits per heavy atom. The maximum Gasteiger partial charge on any atom is 0.330 e. The molecule has 0 saturated heterocycles. The Balaban J connectivity index is 2.56. The third-order valence-electron chi connectivity index (χ3n) is 5.66. The van der Waals surface area contributed by atoms with Crippen molar-refractivity contribution in [3.8, 4) is 0 Å². The second-order valence-electron chi connectivity index (χ2n) is 8.78. The van der Waals surface area contributed by atoms with Crippen LogP contribution in [0.25, 0.3) is 0 Å². The summed E-state index contributed by atoms with van der Waals surface area (Å²) < 4.78 is 5.55. The van der Waals surface area contributed by atoms with E-state index >= 15 is 0 Å². The van der Waals surface area contributed by atoms with Crippen molar-refractivity contribution >= 4 is 5.97 Å². The maximum absolute atomic E-state index is 12.2. The van der Waals surface area contributed by atoms with Crippen LogP contribution < -0.4 is 0 Å². The summed E-state index contributed by atoms with van der Waals surface area (Å²) in [7, 11) is 0.